The SMILES string of the molecule is C[C@]1(C(=O)NC2CCCCCCC2)Cn2c(nc3ccccc32)C(=O)N1Cc1ccccn1. The van der Waals surface area contributed by atoms with Crippen LogP contribution in [0.25, 0.3) is 11.0 Å². The highest BCUT2D eigenvalue weighted by Gasteiger charge is 2.48. The number of rotatable bonds is 4. The summed E-state index contributed by atoms with van der Waals surface area (Å²) in [6, 6.07) is 13.5. The largest absolute Gasteiger partial charge is 0.351 e. The topological polar surface area (TPSA) is 80.1 Å². The van der Waals surface area contributed by atoms with Gasteiger partial charge in [0.25, 0.3) is 5.91 Å². The van der Waals surface area contributed by atoms with Crippen LogP contribution in [0.4, 0.5) is 0 Å². The van der Waals surface area contributed by atoms with E-state index < -0.39 is 5.54 Å². The zero-order valence-electron chi connectivity index (χ0n) is 19.2. The van der Waals surface area contributed by atoms with Gasteiger partial charge in [0, 0.05) is 12.2 Å². The van der Waals surface area contributed by atoms with E-state index in [1.807, 2.05) is 54.0 Å². The summed E-state index contributed by atoms with van der Waals surface area (Å²) in [7, 11) is 0. The van der Waals surface area contributed by atoms with Crippen molar-refractivity contribution in [2.24, 2.45) is 0 Å². The molecule has 7 heteroatoms. The maximum Gasteiger partial charge on any atom is 0.291 e. The molecule has 172 valence electrons. The smallest absolute Gasteiger partial charge is 0.291 e. The van der Waals surface area contributed by atoms with Crippen LogP contribution in [0.1, 0.15) is 68.2 Å². The summed E-state index contributed by atoms with van der Waals surface area (Å²) in [5.74, 6) is 0.0440. The van der Waals surface area contributed by atoms with Crippen molar-refractivity contribution in [2.75, 3.05) is 0 Å². The van der Waals surface area contributed by atoms with E-state index in [2.05, 4.69) is 15.3 Å². The van der Waals surface area contributed by atoms with Crippen LogP contribution in [0.2, 0.25) is 0 Å². The Bertz CT molecular complexity index is 1150. The summed E-state index contributed by atoms with van der Waals surface area (Å²) < 4.78 is 1.91. The molecule has 3 aromatic rings. The van der Waals surface area contributed by atoms with E-state index in [0.717, 1.165) is 42.4 Å². The lowest BCUT2D eigenvalue weighted by molar-refractivity contribution is -0.134. The zero-order valence-corrected chi connectivity index (χ0v) is 19.2. The number of nitrogens with zero attached hydrogens (tertiary/aromatic N) is 4. The second-order valence-corrected chi connectivity index (χ2v) is 9.51. The van der Waals surface area contributed by atoms with Crippen LogP contribution in [0.3, 0.4) is 0 Å². The maximum absolute atomic E-state index is 13.8. The first kappa shape index (κ1) is 21.6. The van der Waals surface area contributed by atoms with Crippen molar-refractivity contribution in [3.8, 4) is 0 Å². The first-order chi connectivity index (χ1) is 16.1. The third-order valence-electron chi connectivity index (χ3n) is 7.13. The Hall–Kier alpha value is -3.22. The minimum Gasteiger partial charge on any atom is -0.351 e. The summed E-state index contributed by atoms with van der Waals surface area (Å²) in [5, 5.41) is 3.32. The second-order valence-electron chi connectivity index (χ2n) is 9.51. The van der Waals surface area contributed by atoms with E-state index >= 15 is 0 Å². The number of pyridine rings is 1. The molecule has 1 N–H and O–H groups in total. The van der Waals surface area contributed by atoms with E-state index in [9.17, 15) is 9.59 Å². The molecule has 0 bridgehead atoms. The normalized spacial score (nSPS) is 22.0. The van der Waals surface area contributed by atoms with Gasteiger partial charge in [-0.3, -0.25) is 14.6 Å². The highest BCUT2D eigenvalue weighted by atomic mass is 16.2. The van der Waals surface area contributed by atoms with Gasteiger partial charge in [-0.05, 0) is 44.0 Å². The molecule has 1 fully saturated rings. The second kappa shape index (κ2) is 8.96. The zero-order chi connectivity index (χ0) is 22.8. The van der Waals surface area contributed by atoms with Gasteiger partial charge in [0.1, 0.15) is 5.54 Å². The average Bonchev–Trinajstić information content (AvgIpc) is 3.17. The molecule has 1 aliphatic heterocycles. The van der Waals surface area contributed by atoms with Crippen molar-refractivity contribution in [2.45, 2.75) is 76.5 Å². The molecule has 1 atom stereocenters. The fourth-order valence-electron chi connectivity index (χ4n) is 5.17. The van der Waals surface area contributed by atoms with E-state index in [0.29, 0.717) is 12.4 Å². The van der Waals surface area contributed by atoms with E-state index in [1.165, 1.54) is 19.3 Å². The number of fused-ring (bicyclic) bond motifs is 3. The molecule has 33 heavy (non-hydrogen) atoms. The van der Waals surface area contributed by atoms with Gasteiger partial charge in [0.2, 0.25) is 5.91 Å². The molecule has 0 radical (unpaired) electrons. The molecule has 1 aromatic carbocycles. The van der Waals surface area contributed by atoms with Crippen LogP contribution in [-0.4, -0.2) is 42.8 Å². The minimum absolute atomic E-state index is 0.0965. The molecule has 0 saturated heterocycles. The van der Waals surface area contributed by atoms with Crippen LogP contribution in [0.5, 0.6) is 0 Å². The molecule has 7 nitrogen and oxygen atoms in total. The minimum atomic E-state index is -1.05. The van der Waals surface area contributed by atoms with Gasteiger partial charge in [-0.2, -0.15) is 0 Å². The Balaban J connectivity index is 1.51. The van der Waals surface area contributed by atoms with Crippen LogP contribution in [0, 0.1) is 0 Å². The molecule has 0 spiro atoms. The first-order valence-electron chi connectivity index (χ1n) is 12.0. The van der Waals surface area contributed by atoms with Crippen LogP contribution < -0.4 is 5.32 Å². The Morgan fingerprint density at radius 1 is 1.06 bits per heavy atom. The number of aromatic nitrogens is 3. The number of para-hydroxylation sites is 2. The van der Waals surface area contributed by atoms with E-state index in [4.69, 9.17) is 0 Å². The van der Waals surface area contributed by atoms with Gasteiger partial charge in [0.05, 0.1) is 29.8 Å². The summed E-state index contributed by atoms with van der Waals surface area (Å²) in [4.78, 5) is 38.3. The Kier molecular flexibility index (Phi) is 5.87. The molecule has 2 aliphatic rings. The molecule has 1 aliphatic carbocycles. The summed E-state index contributed by atoms with van der Waals surface area (Å²) in [5.41, 5.74) is 1.35. The lowest BCUT2D eigenvalue weighted by Gasteiger charge is -2.44. The average molecular weight is 446 g/mol. The summed E-state index contributed by atoms with van der Waals surface area (Å²) in [6.45, 7) is 2.50. The maximum atomic E-state index is 13.8. The number of benzene rings is 1. The van der Waals surface area contributed by atoms with E-state index in [-0.39, 0.29) is 24.4 Å². The van der Waals surface area contributed by atoms with Gasteiger partial charge in [-0.25, -0.2) is 4.98 Å². The quantitative estimate of drug-likeness (QED) is 0.656. The third kappa shape index (κ3) is 4.12. The Morgan fingerprint density at radius 2 is 1.79 bits per heavy atom. The Morgan fingerprint density at radius 3 is 2.55 bits per heavy atom. The van der Waals surface area contributed by atoms with E-state index in [1.54, 1.807) is 11.1 Å². The molecule has 3 heterocycles. The van der Waals surface area contributed by atoms with Crippen molar-refractivity contribution in [1.82, 2.24) is 24.8 Å². The van der Waals surface area contributed by atoms with Gasteiger partial charge in [0.15, 0.2) is 5.82 Å². The van der Waals surface area contributed by atoms with Crippen molar-refractivity contribution in [3.05, 3.63) is 60.2 Å². The van der Waals surface area contributed by atoms with Gasteiger partial charge < -0.3 is 14.8 Å². The van der Waals surface area contributed by atoms with Crippen molar-refractivity contribution >= 4 is 22.8 Å². The summed E-state index contributed by atoms with van der Waals surface area (Å²) >= 11 is 0. The number of hydrogen-bond acceptors (Lipinski definition) is 4. The number of imidazole rings is 1. The highest BCUT2D eigenvalue weighted by Crippen LogP contribution is 2.32. The molecule has 5 rings (SSSR count). The number of hydrogen-bond donors (Lipinski definition) is 1. The van der Waals surface area contributed by atoms with Crippen molar-refractivity contribution in [1.29, 1.82) is 0 Å². The number of nitrogens with one attached hydrogen (secondary N) is 1. The Labute approximate surface area is 194 Å². The molecular weight excluding hydrogens is 414 g/mol. The monoisotopic (exact) mass is 445 g/mol. The lowest BCUT2D eigenvalue weighted by atomic mass is 9.92. The lowest BCUT2D eigenvalue weighted by Crippen LogP contribution is -2.64. The van der Waals surface area contributed by atoms with Gasteiger partial charge in [-0.15, -0.1) is 0 Å². The third-order valence-corrected chi connectivity index (χ3v) is 7.13. The van der Waals surface area contributed by atoms with Gasteiger partial charge >= 0.3 is 0 Å². The highest BCUT2D eigenvalue weighted by molar-refractivity contribution is 6.01. The predicted molar refractivity (Wildman–Crippen MR) is 126 cm³/mol. The molecule has 1 saturated carbocycles. The van der Waals surface area contributed by atoms with Crippen LogP contribution in [-0.2, 0) is 17.9 Å². The fraction of sp³-hybridized carbons (Fsp3) is 0.462. The number of carbonyl (C=O) groups excluding carboxylic acids is 2. The summed E-state index contributed by atoms with van der Waals surface area (Å²) in [6.07, 6.45) is 9.69. The molecule has 0 unspecified atom stereocenters. The van der Waals surface area contributed by atoms with Crippen molar-refractivity contribution < 1.29 is 9.59 Å². The van der Waals surface area contributed by atoms with Crippen LogP contribution >= 0.6 is 0 Å². The predicted octanol–water partition coefficient (Wildman–Crippen LogP) is 4.08. The molecular formula is C26H31N5O2. The fourth-order valence-corrected chi connectivity index (χ4v) is 5.17. The van der Waals surface area contributed by atoms with Crippen LogP contribution in [0.15, 0.2) is 48.7 Å². The number of carbonyl (C=O) groups is 2. The first-order valence-corrected chi connectivity index (χ1v) is 12.0. The molecule has 2 amide bonds. The number of amides is 2. The standard InChI is InChI=1S/C26H31N5O2/c1-26(25(33)28-19-11-5-3-2-4-6-12-19)18-30-22-15-8-7-14-21(22)29-23(30)24(32)31(26)17-20-13-9-10-16-27-20/h7-10,13-16,19H,2-6,11-12,17-18H2,1H3,(H,28,33)/t26-/m1/s1. The molecule has 2 aromatic heterocycles. The van der Waals surface area contributed by atoms with Crippen molar-refractivity contribution in [3.63, 3.8) is 0 Å². The van der Waals surface area contributed by atoms with Gasteiger partial charge in [-0.1, -0.05) is 50.3 Å².